The van der Waals surface area contributed by atoms with Gasteiger partial charge in [-0.2, -0.15) is 0 Å². The molecule has 0 aromatic carbocycles. The molecule has 0 saturated heterocycles. The maximum atomic E-state index is 10.6. The summed E-state index contributed by atoms with van der Waals surface area (Å²) in [7, 11) is -1.59. The largest absolute Gasteiger partial charge is 0.260 e. The molecule has 0 amide bonds. The van der Waals surface area contributed by atoms with Crippen LogP contribution in [0.25, 0.3) is 0 Å². The van der Waals surface area contributed by atoms with Crippen LogP contribution in [0.15, 0.2) is 0 Å². The van der Waals surface area contributed by atoms with Crippen LogP contribution in [0.3, 0.4) is 0 Å². The molecule has 0 heterocycles. The third kappa shape index (κ3) is 6.37. The van der Waals surface area contributed by atoms with Crippen molar-refractivity contribution in [2.75, 3.05) is 11.6 Å². The Morgan fingerprint density at radius 3 is 1.75 bits per heavy atom. The van der Waals surface area contributed by atoms with Crippen LogP contribution in [0.5, 0.6) is 0 Å². The molecule has 0 fully saturated rings. The first-order valence-corrected chi connectivity index (χ1v) is 8.15. The van der Waals surface area contributed by atoms with E-state index < -0.39 is 18.9 Å². The fraction of sp³-hybridized carbons (Fsp3) is 1.00. The lowest BCUT2D eigenvalue weighted by Gasteiger charge is -2.11. The number of rotatable bonds is 2. The lowest BCUT2D eigenvalue weighted by atomic mass is 11.8. The maximum Gasteiger partial charge on any atom is 0.0581 e. The highest BCUT2D eigenvalue weighted by Crippen LogP contribution is 2.00. The average molecular weight is 150 g/mol. The van der Waals surface area contributed by atoms with E-state index in [1.165, 1.54) is 0 Å². The molecule has 8 heavy (non-hydrogen) atoms. The average Bonchev–Trinajstić information content (AvgIpc) is 1.21. The van der Waals surface area contributed by atoms with Gasteiger partial charge in [0.05, 0.1) is 8.07 Å². The third-order valence-electron chi connectivity index (χ3n) is 0.636. The Morgan fingerprint density at radius 2 is 1.75 bits per heavy atom. The Balaban J connectivity index is 3.55. The van der Waals surface area contributed by atoms with E-state index in [1.807, 2.05) is 0 Å². The molecule has 0 bridgehead atoms. The van der Waals surface area contributed by atoms with Gasteiger partial charge in [-0.1, -0.05) is 19.6 Å². The monoisotopic (exact) mass is 150 g/mol. The number of hydrogen-bond acceptors (Lipinski definition) is 1. The first kappa shape index (κ1) is 8.37. The Kier molecular flexibility index (Phi) is 2.91. The topological polar surface area (TPSA) is 17.1 Å². The van der Waals surface area contributed by atoms with Gasteiger partial charge in [0.1, 0.15) is 0 Å². The van der Waals surface area contributed by atoms with Gasteiger partial charge in [0.15, 0.2) is 0 Å². The minimum atomic E-state index is -1.02. The summed E-state index contributed by atoms with van der Waals surface area (Å²) < 4.78 is 10.6. The highest BCUT2D eigenvalue weighted by Gasteiger charge is 2.13. The summed E-state index contributed by atoms with van der Waals surface area (Å²) in [5.74, 6) is 0. The van der Waals surface area contributed by atoms with Crippen molar-refractivity contribution in [2.45, 2.75) is 19.6 Å². The van der Waals surface area contributed by atoms with Gasteiger partial charge in [-0.25, -0.2) is 0 Å². The van der Waals surface area contributed by atoms with Crippen molar-refractivity contribution in [3.8, 4) is 0 Å². The van der Waals surface area contributed by atoms with E-state index in [-0.39, 0.29) is 0 Å². The maximum absolute atomic E-state index is 10.6. The summed E-state index contributed by atoms with van der Waals surface area (Å²) in [6.07, 6.45) is 1.78. The van der Waals surface area contributed by atoms with Gasteiger partial charge in [0.25, 0.3) is 0 Å². The van der Waals surface area contributed by atoms with Crippen LogP contribution in [-0.2, 0) is 10.8 Å². The van der Waals surface area contributed by atoms with Gasteiger partial charge in [0.2, 0.25) is 0 Å². The predicted octanol–water partition coefficient (Wildman–Crippen LogP) is 1.24. The fourth-order valence-corrected chi connectivity index (χ4v) is 5.49. The van der Waals surface area contributed by atoms with Gasteiger partial charge in [-0.05, 0) is 0 Å². The SMILES string of the molecule is CS(=O)C[Si](C)(C)C. The molecule has 1 atom stereocenters. The van der Waals surface area contributed by atoms with E-state index in [4.69, 9.17) is 0 Å². The summed E-state index contributed by atoms with van der Waals surface area (Å²) >= 11 is 0. The van der Waals surface area contributed by atoms with E-state index in [1.54, 1.807) is 6.26 Å². The molecule has 1 nitrogen and oxygen atoms in total. The highest BCUT2D eigenvalue weighted by molar-refractivity contribution is 7.86. The van der Waals surface area contributed by atoms with E-state index in [0.717, 1.165) is 5.38 Å². The molecule has 0 N–H and O–H groups in total. The van der Waals surface area contributed by atoms with Crippen LogP contribution in [0.4, 0.5) is 0 Å². The zero-order valence-electron chi connectivity index (χ0n) is 6.02. The lowest BCUT2D eigenvalue weighted by Crippen LogP contribution is -2.28. The highest BCUT2D eigenvalue weighted by atomic mass is 32.2. The van der Waals surface area contributed by atoms with Gasteiger partial charge in [-0.15, -0.1) is 0 Å². The molecule has 0 radical (unpaired) electrons. The van der Waals surface area contributed by atoms with Crippen LogP contribution in [0, 0.1) is 0 Å². The predicted molar refractivity (Wildman–Crippen MR) is 42.3 cm³/mol. The molecule has 0 saturated carbocycles. The second-order valence-electron chi connectivity index (χ2n) is 3.28. The van der Waals surface area contributed by atoms with Crippen molar-refractivity contribution in [3.63, 3.8) is 0 Å². The van der Waals surface area contributed by atoms with Crippen LogP contribution >= 0.6 is 0 Å². The Bertz CT molecular complexity index is 95.1. The first-order chi connectivity index (χ1) is 3.42. The lowest BCUT2D eigenvalue weighted by molar-refractivity contribution is 0.689. The van der Waals surface area contributed by atoms with Gasteiger partial charge >= 0.3 is 0 Å². The van der Waals surface area contributed by atoms with Crippen molar-refractivity contribution in [1.82, 2.24) is 0 Å². The Morgan fingerprint density at radius 1 is 1.38 bits per heavy atom. The Labute approximate surface area is 55.0 Å². The fourth-order valence-electron chi connectivity index (χ4n) is 0.610. The second kappa shape index (κ2) is 2.78. The van der Waals surface area contributed by atoms with E-state index in [0.29, 0.717) is 0 Å². The molecule has 0 aliphatic carbocycles. The van der Waals surface area contributed by atoms with E-state index in [2.05, 4.69) is 19.6 Å². The van der Waals surface area contributed by atoms with Crippen LogP contribution < -0.4 is 0 Å². The zero-order chi connectivity index (χ0) is 6.78. The molecule has 0 aliphatic rings. The van der Waals surface area contributed by atoms with Crippen LogP contribution in [-0.4, -0.2) is 23.9 Å². The van der Waals surface area contributed by atoms with Crippen molar-refractivity contribution in [1.29, 1.82) is 0 Å². The molecule has 0 aromatic rings. The van der Waals surface area contributed by atoms with Crippen LogP contribution in [0.1, 0.15) is 0 Å². The minimum absolute atomic E-state index is 0.573. The Hall–Kier alpha value is 0.367. The van der Waals surface area contributed by atoms with Gasteiger partial charge in [-0.3, -0.25) is 4.21 Å². The van der Waals surface area contributed by atoms with Crippen molar-refractivity contribution >= 4 is 18.9 Å². The van der Waals surface area contributed by atoms with Gasteiger partial charge in [0, 0.05) is 22.4 Å². The quantitative estimate of drug-likeness (QED) is 0.541. The molecule has 1 unspecified atom stereocenters. The van der Waals surface area contributed by atoms with Crippen molar-refractivity contribution < 1.29 is 4.21 Å². The smallest absolute Gasteiger partial charge is 0.0581 e. The summed E-state index contributed by atoms with van der Waals surface area (Å²) in [5.41, 5.74) is 0. The standard InChI is InChI=1S/C5H14OSSi/c1-7(6)5-8(2,3)4/h5H2,1-4H3. The first-order valence-electron chi connectivity index (χ1n) is 2.72. The van der Waals surface area contributed by atoms with E-state index in [9.17, 15) is 4.21 Å². The third-order valence-corrected chi connectivity index (χ3v) is 5.73. The molecule has 3 heteroatoms. The molecule has 50 valence electrons. The summed E-state index contributed by atoms with van der Waals surface area (Å²) in [6.45, 7) is 6.69. The van der Waals surface area contributed by atoms with Crippen LogP contribution in [0.2, 0.25) is 19.6 Å². The van der Waals surface area contributed by atoms with Gasteiger partial charge < -0.3 is 0 Å². The minimum Gasteiger partial charge on any atom is -0.260 e. The second-order valence-corrected chi connectivity index (χ2v) is 10.7. The summed E-state index contributed by atoms with van der Waals surface area (Å²) in [4.78, 5) is 0. The normalized spacial score (nSPS) is 16.0. The zero-order valence-corrected chi connectivity index (χ0v) is 7.84. The molecule has 0 aromatic heterocycles. The van der Waals surface area contributed by atoms with E-state index >= 15 is 0 Å². The van der Waals surface area contributed by atoms with Crippen molar-refractivity contribution in [3.05, 3.63) is 0 Å². The summed E-state index contributed by atoms with van der Waals surface area (Å²) in [6, 6.07) is 0. The molecular weight excluding hydrogens is 136 g/mol. The molecule has 0 spiro atoms. The number of hydrogen-bond donors (Lipinski definition) is 0. The summed E-state index contributed by atoms with van der Waals surface area (Å²) in [5, 5.41) is 0.938. The van der Waals surface area contributed by atoms with Crippen molar-refractivity contribution in [2.24, 2.45) is 0 Å². The molecule has 0 aliphatic heterocycles. The molecular formula is C5H14OSSi. The molecule has 0 rings (SSSR count).